The number of hydrogen-bond donors (Lipinski definition) is 1. The molecule has 0 spiro atoms. The lowest BCUT2D eigenvalue weighted by molar-refractivity contribution is -0.129. The second kappa shape index (κ2) is 6.27. The number of nitrogens with zero attached hydrogens (tertiary/aromatic N) is 3. The molecule has 0 aromatic heterocycles. The molecule has 0 aliphatic carbocycles. The smallest absolute Gasteiger partial charge is 0.256 e. The first kappa shape index (κ1) is 15.8. The molecule has 0 saturated heterocycles. The lowest BCUT2D eigenvalue weighted by atomic mass is 10.1. The van der Waals surface area contributed by atoms with Gasteiger partial charge in [0.15, 0.2) is 0 Å². The van der Waals surface area contributed by atoms with E-state index in [1.807, 2.05) is 19.0 Å². The SMILES string of the molecule is CN(C)C(=O)CN(C)C(=O)c1cc(N)ccc1N(C)C. The minimum absolute atomic E-state index is 0.0352. The van der Waals surface area contributed by atoms with Crippen molar-refractivity contribution >= 4 is 23.2 Å². The van der Waals surface area contributed by atoms with Crippen molar-refractivity contribution < 1.29 is 9.59 Å². The number of likely N-dealkylation sites (N-methyl/N-ethyl adjacent to an activating group) is 2. The molecule has 0 radical (unpaired) electrons. The van der Waals surface area contributed by atoms with Crippen LogP contribution >= 0.6 is 0 Å². The summed E-state index contributed by atoms with van der Waals surface area (Å²) in [5, 5.41) is 0. The van der Waals surface area contributed by atoms with Gasteiger partial charge in [-0.1, -0.05) is 0 Å². The molecule has 6 heteroatoms. The van der Waals surface area contributed by atoms with Gasteiger partial charge in [0.25, 0.3) is 5.91 Å². The first-order chi connectivity index (χ1) is 9.23. The Hall–Kier alpha value is -2.24. The Kier molecular flexibility index (Phi) is 4.96. The molecule has 20 heavy (non-hydrogen) atoms. The molecule has 0 aliphatic rings. The number of amides is 2. The van der Waals surface area contributed by atoms with Gasteiger partial charge in [0.05, 0.1) is 12.1 Å². The third kappa shape index (κ3) is 3.63. The largest absolute Gasteiger partial charge is 0.399 e. The maximum Gasteiger partial charge on any atom is 0.256 e. The van der Waals surface area contributed by atoms with Gasteiger partial charge in [0.1, 0.15) is 0 Å². The fourth-order valence-corrected chi connectivity index (χ4v) is 1.74. The molecular weight excluding hydrogens is 256 g/mol. The fraction of sp³-hybridized carbons (Fsp3) is 0.429. The molecule has 2 amide bonds. The van der Waals surface area contributed by atoms with Crippen LogP contribution in [0.15, 0.2) is 18.2 Å². The van der Waals surface area contributed by atoms with Crippen molar-refractivity contribution in [3.63, 3.8) is 0 Å². The number of nitrogen functional groups attached to an aromatic ring is 1. The van der Waals surface area contributed by atoms with Crippen molar-refractivity contribution in [2.45, 2.75) is 0 Å². The quantitative estimate of drug-likeness (QED) is 0.814. The zero-order valence-corrected chi connectivity index (χ0v) is 12.7. The highest BCUT2D eigenvalue weighted by atomic mass is 16.2. The van der Waals surface area contributed by atoms with Crippen LogP contribution in [0.5, 0.6) is 0 Å². The van der Waals surface area contributed by atoms with Gasteiger partial charge in [0, 0.05) is 46.6 Å². The number of nitrogens with two attached hydrogens (primary N) is 1. The maximum absolute atomic E-state index is 12.5. The van der Waals surface area contributed by atoms with E-state index in [0.29, 0.717) is 11.3 Å². The summed E-state index contributed by atoms with van der Waals surface area (Å²) in [5.74, 6) is -0.354. The molecule has 1 aromatic carbocycles. The third-order valence-electron chi connectivity index (χ3n) is 2.95. The van der Waals surface area contributed by atoms with Crippen LogP contribution in [0.3, 0.4) is 0 Å². The number of carbonyl (C=O) groups is 2. The van der Waals surface area contributed by atoms with Gasteiger partial charge in [-0.2, -0.15) is 0 Å². The Morgan fingerprint density at radius 2 is 1.70 bits per heavy atom. The number of hydrogen-bond acceptors (Lipinski definition) is 4. The van der Waals surface area contributed by atoms with Crippen LogP contribution in [-0.4, -0.2) is 63.4 Å². The van der Waals surface area contributed by atoms with Crippen molar-refractivity contribution in [3.05, 3.63) is 23.8 Å². The summed E-state index contributed by atoms with van der Waals surface area (Å²) in [6.07, 6.45) is 0. The van der Waals surface area contributed by atoms with Crippen molar-refractivity contribution in [2.24, 2.45) is 0 Å². The van der Waals surface area contributed by atoms with E-state index >= 15 is 0 Å². The molecule has 0 bridgehead atoms. The van der Waals surface area contributed by atoms with Crippen LogP contribution in [0.25, 0.3) is 0 Å². The van der Waals surface area contributed by atoms with Crippen molar-refractivity contribution in [1.82, 2.24) is 9.80 Å². The molecule has 0 atom stereocenters. The monoisotopic (exact) mass is 278 g/mol. The molecule has 1 rings (SSSR count). The summed E-state index contributed by atoms with van der Waals surface area (Å²) in [6.45, 7) is 0.0352. The molecule has 110 valence electrons. The molecule has 0 heterocycles. The van der Waals surface area contributed by atoms with Crippen LogP contribution in [0, 0.1) is 0 Å². The van der Waals surface area contributed by atoms with Gasteiger partial charge >= 0.3 is 0 Å². The summed E-state index contributed by atoms with van der Waals surface area (Å²) in [7, 11) is 8.63. The van der Waals surface area contributed by atoms with Crippen molar-refractivity contribution in [1.29, 1.82) is 0 Å². The molecular formula is C14H22N4O2. The van der Waals surface area contributed by atoms with E-state index in [4.69, 9.17) is 5.73 Å². The molecule has 0 saturated carbocycles. The van der Waals surface area contributed by atoms with Gasteiger partial charge in [-0.25, -0.2) is 0 Å². The van der Waals surface area contributed by atoms with Crippen molar-refractivity contribution in [3.8, 4) is 0 Å². The standard InChI is InChI=1S/C14H22N4O2/c1-16(2)12-7-6-10(15)8-11(12)14(20)18(5)9-13(19)17(3)4/h6-8H,9,15H2,1-5H3. The second-order valence-electron chi connectivity index (χ2n) is 5.12. The average Bonchev–Trinajstić information content (AvgIpc) is 2.36. The molecule has 1 aromatic rings. The summed E-state index contributed by atoms with van der Waals surface area (Å²) in [4.78, 5) is 28.8. The van der Waals surface area contributed by atoms with Crippen LogP contribution in [0.1, 0.15) is 10.4 Å². The lowest BCUT2D eigenvalue weighted by Crippen LogP contribution is -2.38. The van der Waals surface area contributed by atoms with Gasteiger partial charge in [0.2, 0.25) is 5.91 Å². The van der Waals surface area contributed by atoms with E-state index in [2.05, 4.69) is 0 Å². The fourth-order valence-electron chi connectivity index (χ4n) is 1.74. The molecule has 0 fully saturated rings. The first-order valence-electron chi connectivity index (χ1n) is 6.26. The van der Waals surface area contributed by atoms with E-state index < -0.39 is 0 Å². The normalized spacial score (nSPS) is 10.1. The molecule has 0 aliphatic heterocycles. The first-order valence-corrected chi connectivity index (χ1v) is 6.26. The Labute approximate surface area is 119 Å². The second-order valence-corrected chi connectivity index (χ2v) is 5.12. The van der Waals surface area contributed by atoms with E-state index in [1.54, 1.807) is 39.3 Å². The Balaban J connectivity index is 3.02. The molecule has 6 nitrogen and oxygen atoms in total. The Morgan fingerprint density at radius 1 is 1.10 bits per heavy atom. The highest BCUT2D eigenvalue weighted by molar-refractivity contribution is 6.01. The molecule has 2 N–H and O–H groups in total. The lowest BCUT2D eigenvalue weighted by Gasteiger charge is -2.23. The zero-order valence-electron chi connectivity index (χ0n) is 12.7. The summed E-state index contributed by atoms with van der Waals surface area (Å²) < 4.78 is 0. The Morgan fingerprint density at radius 3 is 2.20 bits per heavy atom. The third-order valence-corrected chi connectivity index (χ3v) is 2.95. The van der Waals surface area contributed by atoms with Gasteiger partial charge in [-0.3, -0.25) is 9.59 Å². The zero-order chi connectivity index (χ0) is 15.4. The van der Waals surface area contributed by atoms with E-state index in [9.17, 15) is 9.59 Å². The van der Waals surface area contributed by atoms with Gasteiger partial charge in [-0.05, 0) is 18.2 Å². The van der Waals surface area contributed by atoms with E-state index in [0.717, 1.165) is 5.69 Å². The number of carbonyl (C=O) groups excluding carboxylic acids is 2. The summed E-state index contributed by atoms with van der Waals surface area (Å²) in [5.41, 5.74) is 7.53. The van der Waals surface area contributed by atoms with E-state index in [1.165, 1.54) is 9.80 Å². The van der Waals surface area contributed by atoms with Gasteiger partial charge in [-0.15, -0.1) is 0 Å². The summed E-state index contributed by atoms with van der Waals surface area (Å²) in [6, 6.07) is 5.18. The van der Waals surface area contributed by atoms with Crippen LogP contribution in [0.2, 0.25) is 0 Å². The number of benzene rings is 1. The maximum atomic E-state index is 12.5. The molecule has 0 unspecified atom stereocenters. The highest BCUT2D eigenvalue weighted by Gasteiger charge is 2.19. The van der Waals surface area contributed by atoms with Crippen LogP contribution in [-0.2, 0) is 4.79 Å². The predicted octanol–water partition coefficient (Wildman–Crippen LogP) is 0.495. The number of anilines is 2. The minimum atomic E-state index is -0.226. The van der Waals surface area contributed by atoms with Gasteiger partial charge < -0.3 is 20.4 Å². The van der Waals surface area contributed by atoms with E-state index in [-0.39, 0.29) is 18.4 Å². The Bertz CT molecular complexity index is 512. The number of rotatable bonds is 4. The topological polar surface area (TPSA) is 69.9 Å². The van der Waals surface area contributed by atoms with Crippen molar-refractivity contribution in [2.75, 3.05) is 52.4 Å². The highest BCUT2D eigenvalue weighted by Crippen LogP contribution is 2.22. The average molecular weight is 278 g/mol. The van der Waals surface area contributed by atoms with Crippen LogP contribution in [0.4, 0.5) is 11.4 Å². The van der Waals surface area contributed by atoms with Crippen LogP contribution < -0.4 is 10.6 Å². The minimum Gasteiger partial charge on any atom is -0.399 e. The predicted molar refractivity (Wildman–Crippen MR) is 80.8 cm³/mol. The summed E-state index contributed by atoms with van der Waals surface area (Å²) >= 11 is 0.